The van der Waals surface area contributed by atoms with Crippen LogP contribution in [0.3, 0.4) is 0 Å². The average molecular weight is 503 g/mol. The van der Waals surface area contributed by atoms with Gasteiger partial charge in [0.05, 0.1) is 17.8 Å². The van der Waals surface area contributed by atoms with Crippen LogP contribution in [0.4, 0.5) is 5.69 Å². The van der Waals surface area contributed by atoms with Gasteiger partial charge < -0.3 is 4.74 Å². The SMILES string of the molecule is COc1ccc(Br)cc1S(=O)(=O)Nc1ccc(I)cc1Cl. The molecule has 0 unspecified atom stereocenters. The molecule has 0 aromatic heterocycles. The van der Waals surface area contributed by atoms with Gasteiger partial charge in [0, 0.05) is 8.04 Å². The fraction of sp³-hybridized carbons (Fsp3) is 0.0769. The van der Waals surface area contributed by atoms with Crippen LogP contribution in [-0.2, 0) is 10.0 Å². The number of rotatable bonds is 4. The molecule has 0 saturated heterocycles. The predicted octanol–water partition coefficient (Wildman–Crippen LogP) is 4.52. The molecule has 0 saturated carbocycles. The number of anilines is 1. The van der Waals surface area contributed by atoms with Crippen LogP contribution in [0.1, 0.15) is 0 Å². The molecule has 112 valence electrons. The molecule has 0 radical (unpaired) electrons. The highest BCUT2D eigenvalue weighted by Gasteiger charge is 2.21. The summed E-state index contributed by atoms with van der Waals surface area (Å²) in [5.41, 5.74) is 0.319. The predicted molar refractivity (Wildman–Crippen MR) is 95.7 cm³/mol. The van der Waals surface area contributed by atoms with Crippen LogP contribution in [0.15, 0.2) is 45.8 Å². The third kappa shape index (κ3) is 4.02. The topological polar surface area (TPSA) is 55.4 Å². The maximum atomic E-state index is 12.5. The Balaban J connectivity index is 2.45. The van der Waals surface area contributed by atoms with Crippen molar-refractivity contribution >= 4 is 65.8 Å². The second kappa shape index (κ2) is 6.72. The van der Waals surface area contributed by atoms with Crippen molar-refractivity contribution in [3.8, 4) is 5.75 Å². The van der Waals surface area contributed by atoms with Gasteiger partial charge in [-0.25, -0.2) is 8.42 Å². The van der Waals surface area contributed by atoms with Crippen molar-refractivity contribution in [1.82, 2.24) is 0 Å². The van der Waals surface area contributed by atoms with E-state index in [-0.39, 0.29) is 10.6 Å². The number of benzene rings is 2. The van der Waals surface area contributed by atoms with Gasteiger partial charge >= 0.3 is 0 Å². The quantitative estimate of drug-likeness (QED) is 0.626. The first kappa shape index (κ1) is 16.9. The summed E-state index contributed by atoms with van der Waals surface area (Å²) in [4.78, 5) is 0.0361. The standard InChI is InChI=1S/C13H10BrClINO3S/c1-20-12-5-2-8(14)6-13(12)21(18,19)17-11-4-3-9(16)7-10(11)15/h2-7,17H,1H3. The first-order valence-electron chi connectivity index (χ1n) is 5.65. The zero-order chi connectivity index (χ0) is 15.6. The zero-order valence-electron chi connectivity index (χ0n) is 10.7. The van der Waals surface area contributed by atoms with Gasteiger partial charge in [-0.2, -0.15) is 0 Å². The number of hydrogen-bond acceptors (Lipinski definition) is 3. The van der Waals surface area contributed by atoms with E-state index in [0.29, 0.717) is 15.2 Å². The van der Waals surface area contributed by atoms with E-state index < -0.39 is 10.0 Å². The fourth-order valence-corrected chi connectivity index (χ4v) is 4.38. The molecule has 2 aromatic carbocycles. The number of halogens is 3. The summed E-state index contributed by atoms with van der Waals surface area (Å²) in [5.74, 6) is 0.257. The minimum absolute atomic E-state index is 0.0361. The highest BCUT2D eigenvalue weighted by atomic mass is 127. The molecule has 0 atom stereocenters. The van der Waals surface area contributed by atoms with Gasteiger partial charge in [-0.05, 0) is 59.0 Å². The molecule has 0 heterocycles. The summed E-state index contributed by atoms with van der Waals surface area (Å²) >= 11 is 11.4. The highest BCUT2D eigenvalue weighted by molar-refractivity contribution is 14.1. The highest BCUT2D eigenvalue weighted by Crippen LogP contribution is 2.31. The Morgan fingerprint density at radius 1 is 1.24 bits per heavy atom. The lowest BCUT2D eigenvalue weighted by Gasteiger charge is -2.13. The van der Waals surface area contributed by atoms with Crippen molar-refractivity contribution in [2.24, 2.45) is 0 Å². The van der Waals surface area contributed by atoms with Gasteiger partial charge in [0.2, 0.25) is 0 Å². The molecule has 0 aliphatic carbocycles. The minimum Gasteiger partial charge on any atom is -0.495 e. The van der Waals surface area contributed by atoms with Gasteiger partial charge in [0.15, 0.2) is 0 Å². The van der Waals surface area contributed by atoms with Crippen LogP contribution in [0, 0.1) is 3.57 Å². The van der Waals surface area contributed by atoms with Crippen LogP contribution < -0.4 is 9.46 Å². The van der Waals surface area contributed by atoms with Crippen molar-refractivity contribution < 1.29 is 13.2 Å². The molecule has 2 aromatic rings. The zero-order valence-corrected chi connectivity index (χ0v) is 16.0. The van der Waals surface area contributed by atoms with Crippen LogP contribution in [0.2, 0.25) is 5.02 Å². The van der Waals surface area contributed by atoms with E-state index in [9.17, 15) is 8.42 Å². The monoisotopic (exact) mass is 501 g/mol. The molecule has 1 N–H and O–H groups in total. The van der Waals surface area contributed by atoms with E-state index >= 15 is 0 Å². The molecule has 0 spiro atoms. The molecule has 21 heavy (non-hydrogen) atoms. The van der Waals surface area contributed by atoms with Crippen molar-refractivity contribution in [3.05, 3.63) is 49.5 Å². The molecule has 0 aliphatic heterocycles. The molecular formula is C13H10BrClINO3S. The van der Waals surface area contributed by atoms with Crippen LogP contribution in [0.25, 0.3) is 0 Å². The first-order chi connectivity index (χ1) is 9.83. The third-order valence-electron chi connectivity index (χ3n) is 2.59. The number of nitrogens with one attached hydrogen (secondary N) is 1. The number of hydrogen-bond donors (Lipinski definition) is 1. The van der Waals surface area contributed by atoms with Gasteiger partial charge in [-0.15, -0.1) is 0 Å². The lowest BCUT2D eigenvalue weighted by molar-refractivity contribution is 0.403. The maximum absolute atomic E-state index is 12.5. The van der Waals surface area contributed by atoms with E-state index in [0.717, 1.165) is 3.57 Å². The van der Waals surface area contributed by atoms with Gasteiger partial charge in [-0.1, -0.05) is 27.5 Å². The lowest BCUT2D eigenvalue weighted by atomic mass is 10.3. The molecular weight excluding hydrogens is 492 g/mol. The second-order valence-corrected chi connectivity index (χ2v) is 8.24. The van der Waals surface area contributed by atoms with E-state index in [1.165, 1.54) is 13.2 Å². The first-order valence-corrected chi connectivity index (χ1v) is 9.38. The summed E-state index contributed by atoms with van der Waals surface area (Å²) < 4.78 is 34.1. The Morgan fingerprint density at radius 2 is 1.95 bits per heavy atom. The van der Waals surface area contributed by atoms with Gasteiger partial charge in [0.25, 0.3) is 10.0 Å². The Bertz CT molecular complexity index is 783. The average Bonchev–Trinajstić information content (AvgIpc) is 2.42. The number of methoxy groups -OCH3 is 1. The Kier molecular flexibility index (Phi) is 5.39. The molecule has 0 bridgehead atoms. The Hall–Kier alpha value is -0.510. The van der Waals surface area contributed by atoms with Crippen LogP contribution in [-0.4, -0.2) is 15.5 Å². The summed E-state index contributed by atoms with van der Waals surface area (Å²) in [5, 5.41) is 0.333. The van der Waals surface area contributed by atoms with E-state index in [4.69, 9.17) is 16.3 Å². The molecule has 2 rings (SSSR count). The van der Waals surface area contributed by atoms with Crippen molar-refractivity contribution in [1.29, 1.82) is 0 Å². The molecule has 0 amide bonds. The van der Waals surface area contributed by atoms with Crippen molar-refractivity contribution in [2.75, 3.05) is 11.8 Å². The second-order valence-electron chi connectivity index (χ2n) is 4.02. The smallest absolute Gasteiger partial charge is 0.265 e. The summed E-state index contributed by atoms with van der Waals surface area (Å²) in [6.07, 6.45) is 0. The fourth-order valence-electron chi connectivity index (χ4n) is 1.63. The van der Waals surface area contributed by atoms with E-state index in [1.54, 1.807) is 30.3 Å². The van der Waals surface area contributed by atoms with Crippen LogP contribution in [0.5, 0.6) is 5.75 Å². The molecule has 0 fully saturated rings. The lowest BCUT2D eigenvalue weighted by Crippen LogP contribution is -2.14. The van der Waals surface area contributed by atoms with E-state index in [2.05, 4.69) is 43.2 Å². The Labute approximate surface area is 150 Å². The van der Waals surface area contributed by atoms with Crippen LogP contribution >= 0.6 is 50.1 Å². The van der Waals surface area contributed by atoms with Gasteiger partial charge in [0.1, 0.15) is 10.6 Å². The molecule has 8 heteroatoms. The largest absolute Gasteiger partial charge is 0.495 e. The van der Waals surface area contributed by atoms with E-state index in [1.807, 2.05) is 0 Å². The summed E-state index contributed by atoms with van der Waals surface area (Å²) in [6, 6.07) is 9.82. The van der Waals surface area contributed by atoms with Gasteiger partial charge in [-0.3, -0.25) is 4.72 Å². The normalized spacial score (nSPS) is 11.2. The minimum atomic E-state index is -3.81. The Morgan fingerprint density at radius 3 is 2.57 bits per heavy atom. The molecule has 0 aliphatic rings. The van der Waals surface area contributed by atoms with Crippen molar-refractivity contribution in [3.63, 3.8) is 0 Å². The third-order valence-corrected chi connectivity index (χ3v) is 5.45. The summed E-state index contributed by atoms with van der Waals surface area (Å²) in [6.45, 7) is 0. The number of ether oxygens (including phenoxy) is 1. The maximum Gasteiger partial charge on any atom is 0.265 e. The molecule has 4 nitrogen and oxygen atoms in total. The van der Waals surface area contributed by atoms with Crippen molar-refractivity contribution in [2.45, 2.75) is 4.90 Å². The summed E-state index contributed by atoms with van der Waals surface area (Å²) in [7, 11) is -2.39. The number of sulfonamides is 1.